The topological polar surface area (TPSA) is 35.1 Å². The van der Waals surface area contributed by atoms with E-state index in [9.17, 15) is 0 Å². The van der Waals surface area contributed by atoms with E-state index in [0.29, 0.717) is 0 Å². The number of fused-ring (bicyclic) bond motifs is 4. The first kappa shape index (κ1) is 25.3. The predicted octanol–water partition coefficient (Wildman–Crippen LogP) is 9.51. The fraction of sp³-hybridized carbons (Fsp3) is 0.263. The van der Waals surface area contributed by atoms with Crippen LogP contribution >= 0.6 is 0 Å². The number of pyridine rings is 1. The Kier molecular flexibility index (Phi) is 4.87. The fourth-order valence-corrected chi connectivity index (χ4v) is 7.01. The Morgan fingerprint density at radius 1 is 0.714 bits per heavy atom. The van der Waals surface area contributed by atoms with Crippen LogP contribution in [-0.4, -0.2) is 19.2 Å². The Labute approximate surface area is 246 Å². The number of para-hydroxylation sites is 1. The monoisotopic (exact) mass is 548 g/mol. The molecule has 42 heavy (non-hydrogen) atoms. The molecule has 4 aromatic carbocycles. The lowest BCUT2D eigenvalue weighted by Crippen LogP contribution is -2.44. The maximum Gasteiger partial charge on any atom is 0.145 e. The van der Waals surface area contributed by atoms with Crippen molar-refractivity contribution in [1.29, 1.82) is 0 Å². The molecular weight excluding hydrogens is 512 g/mol. The summed E-state index contributed by atoms with van der Waals surface area (Å²) in [6.07, 6.45) is 6.24. The summed E-state index contributed by atoms with van der Waals surface area (Å²) < 4.78 is 4.44. The third kappa shape index (κ3) is 3.24. The molecule has 0 saturated carbocycles. The van der Waals surface area contributed by atoms with Crippen molar-refractivity contribution < 1.29 is 0 Å². The van der Waals surface area contributed by atoms with Gasteiger partial charge in [-0.05, 0) is 62.0 Å². The van der Waals surface area contributed by atoms with Crippen LogP contribution in [0.2, 0.25) is 0 Å². The van der Waals surface area contributed by atoms with Crippen molar-refractivity contribution in [3.63, 3.8) is 0 Å². The Bertz CT molecular complexity index is 2230. The fourth-order valence-electron chi connectivity index (χ4n) is 7.01. The largest absolute Gasteiger partial charge is 0.295 e. The molecule has 0 amide bonds. The molecule has 4 heteroatoms. The van der Waals surface area contributed by atoms with Gasteiger partial charge in [0.2, 0.25) is 0 Å². The smallest absolute Gasteiger partial charge is 0.145 e. The highest BCUT2D eigenvalue weighted by molar-refractivity contribution is 6.14. The van der Waals surface area contributed by atoms with Crippen LogP contribution in [0, 0.1) is 0 Å². The average molecular weight is 549 g/mol. The van der Waals surface area contributed by atoms with E-state index in [1.165, 1.54) is 60.4 Å². The quantitative estimate of drug-likeness (QED) is 0.202. The molecule has 0 radical (unpaired) electrons. The van der Waals surface area contributed by atoms with E-state index < -0.39 is 0 Å². The molecule has 0 unspecified atom stereocenters. The molecule has 1 aliphatic heterocycles. The van der Waals surface area contributed by atoms with Gasteiger partial charge in [0.05, 0.1) is 17.4 Å². The van der Waals surface area contributed by atoms with E-state index in [2.05, 4.69) is 138 Å². The first-order valence-corrected chi connectivity index (χ1v) is 14.9. The van der Waals surface area contributed by atoms with Gasteiger partial charge in [-0.1, -0.05) is 103 Å². The molecule has 0 fully saturated rings. The molecule has 8 rings (SSSR count). The number of imidazole rings is 1. The molecule has 0 aliphatic carbocycles. The minimum Gasteiger partial charge on any atom is -0.295 e. The molecule has 3 aromatic heterocycles. The second kappa shape index (κ2) is 8.10. The Morgan fingerprint density at radius 3 is 2.31 bits per heavy atom. The summed E-state index contributed by atoms with van der Waals surface area (Å²) in [4.78, 5) is 5.09. The van der Waals surface area contributed by atoms with Gasteiger partial charge in [-0.3, -0.25) is 4.40 Å². The summed E-state index contributed by atoms with van der Waals surface area (Å²) in [6.45, 7) is 16.1. The van der Waals surface area contributed by atoms with Gasteiger partial charge in [-0.2, -0.15) is 5.10 Å². The van der Waals surface area contributed by atoms with E-state index >= 15 is 0 Å². The third-order valence-corrected chi connectivity index (χ3v) is 10.3. The van der Waals surface area contributed by atoms with E-state index in [-0.39, 0.29) is 16.2 Å². The second-order valence-electron chi connectivity index (χ2n) is 14.1. The number of hydrogen-bond acceptors (Lipinski definition) is 2. The van der Waals surface area contributed by atoms with Crippen LogP contribution in [0.15, 0.2) is 91.4 Å². The normalized spacial score (nSPS) is 15.9. The van der Waals surface area contributed by atoms with Gasteiger partial charge >= 0.3 is 0 Å². The molecule has 1 aliphatic rings. The van der Waals surface area contributed by atoms with Crippen LogP contribution in [0.4, 0.5) is 0 Å². The summed E-state index contributed by atoms with van der Waals surface area (Å²) in [5.74, 6) is 0. The van der Waals surface area contributed by atoms with Crippen molar-refractivity contribution in [2.45, 2.75) is 64.7 Å². The summed E-state index contributed by atoms with van der Waals surface area (Å²) in [6, 6.07) is 27.0. The van der Waals surface area contributed by atoms with E-state index in [0.717, 1.165) is 11.3 Å². The van der Waals surface area contributed by atoms with Crippen LogP contribution in [0.1, 0.15) is 65.3 Å². The summed E-state index contributed by atoms with van der Waals surface area (Å²) >= 11 is 0. The molecule has 4 nitrogen and oxygen atoms in total. The van der Waals surface area contributed by atoms with E-state index in [1.807, 2.05) is 10.9 Å². The first-order valence-electron chi connectivity index (χ1n) is 14.9. The van der Waals surface area contributed by atoms with Gasteiger partial charge in [-0.15, -0.1) is 0 Å². The highest BCUT2D eigenvalue weighted by Gasteiger charge is 2.46. The predicted molar refractivity (Wildman–Crippen MR) is 175 cm³/mol. The van der Waals surface area contributed by atoms with Gasteiger partial charge in [0.25, 0.3) is 0 Å². The van der Waals surface area contributed by atoms with Crippen LogP contribution < -0.4 is 0 Å². The Morgan fingerprint density at radius 2 is 1.52 bits per heavy atom. The van der Waals surface area contributed by atoms with E-state index in [1.54, 1.807) is 0 Å². The molecule has 208 valence electrons. The van der Waals surface area contributed by atoms with Crippen molar-refractivity contribution in [3.05, 3.63) is 108 Å². The van der Waals surface area contributed by atoms with Crippen LogP contribution in [0.3, 0.4) is 0 Å². The van der Waals surface area contributed by atoms with Crippen molar-refractivity contribution in [1.82, 2.24) is 19.2 Å². The van der Waals surface area contributed by atoms with Crippen molar-refractivity contribution >= 4 is 38.1 Å². The first-order chi connectivity index (χ1) is 20.0. The summed E-state index contributed by atoms with van der Waals surface area (Å²) in [5, 5.41) is 10.9. The second-order valence-corrected chi connectivity index (χ2v) is 14.1. The maximum atomic E-state index is 5.09. The van der Waals surface area contributed by atoms with Gasteiger partial charge < -0.3 is 0 Å². The zero-order chi connectivity index (χ0) is 29.2. The average Bonchev–Trinajstić information content (AvgIpc) is 3.65. The molecule has 0 atom stereocenters. The zero-order valence-corrected chi connectivity index (χ0v) is 25.4. The molecule has 7 aromatic rings. The van der Waals surface area contributed by atoms with Gasteiger partial charge in [0.15, 0.2) is 0 Å². The molecule has 0 N–H and O–H groups in total. The molecule has 0 bridgehead atoms. The molecule has 0 spiro atoms. The highest BCUT2D eigenvalue weighted by Crippen LogP contribution is 2.51. The highest BCUT2D eigenvalue weighted by atomic mass is 15.3. The van der Waals surface area contributed by atoms with Gasteiger partial charge in [-0.25, -0.2) is 9.67 Å². The SMILES string of the molecule is CC(C)(C)c1cnn(-c2ccc3cccc(-c4ccc5c(c4)c4ncc6n4c4c(cccc54)C(C)(C)C6(C)C)c3c2)c1. The lowest BCUT2D eigenvalue weighted by molar-refractivity contribution is 0.288. The lowest BCUT2D eigenvalue weighted by Gasteiger charge is -2.45. The van der Waals surface area contributed by atoms with E-state index in [4.69, 9.17) is 10.1 Å². The molecular formula is C38H36N4. The Hall–Kier alpha value is -4.44. The maximum absolute atomic E-state index is 5.09. The molecule has 0 saturated heterocycles. The molecule has 4 heterocycles. The van der Waals surface area contributed by atoms with Crippen LogP contribution in [-0.2, 0) is 16.2 Å². The minimum atomic E-state index is -0.0651. The number of rotatable bonds is 2. The summed E-state index contributed by atoms with van der Waals surface area (Å²) in [7, 11) is 0. The number of nitrogens with zero attached hydrogens (tertiary/aromatic N) is 4. The number of hydrogen-bond donors (Lipinski definition) is 0. The van der Waals surface area contributed by atoms with Gasteiger partial charge in [0.1, 0.15) is 5.65 Å². The van der Waals surface area contributed by atoms with Crippen LogP contribution in [0.25, 0.3) is 54.9 Å². The van der Waals surface area contributed by atoms with Crippen molar-refractivity contribution in [2.24, 2.45) is 0 Å². The van der Waals surface area contributed by atoms with Gasteiger partial charge in [0, 0.05) is 39.7 Å². The standard InChI is InChI=1S/C38H36N4/c1-36(2,3)25-20-40-41(22-25)26-16-14-23-10-8-11-27(30(23)19-26)24-15-17-28-29-12-9-13-32-34(29)42-33(38(6,7)37(32,4)5)21-39-35(42)31(28)18-24/h8-22H,1-7H3. The van der Waals surface area contributed by atoms with Crippen LogP contribution in [0.5, 0.6) is 0 Å². The Balaban J connectivity index is 1.37. The number of benzene rings is 4. The summed E-state index contributed by atoms with van der Waals surface area (Å²) in [5.41, 5.74) is 9.68. The van der Waals surface area contributed by atoms with Crippen molar-refractivity contribution in [2.75, 3.05) is 0 Å². The van der Waals surface area contributed by atoms with Crippen molar-refractivity contribution in [3.8, 4) is 16.8 Å². The third-order valence-electron chi connectivity index (χ3n) is 10.3. The zero-order valence-electron chi connectivity index (χ0n) is 25.4. The lowest BCUT2D eigenvalue weighted by atomic mass is 9.61. The minimum absolute atomic E-state index is 0.0219. The number of aromatic nitrogens is 4.